The molecule has 1 saturated heterocycles. The molecular formula is C17H32N2. The van der Waals surface area contributed by atoms with Crippen molar-refractivity contribution in [3.05, 3.63) is 0 Å². The van der Waals surface area contributed by atoms with Crippen LogP contribution in [-0.2, 0) is 0 Å². The van der Waals surface area contributed by atoms with Crippen molar-refractivity contribution in [2.24, 2.45) is 23.5 Å². The van der Waals surface area contributed by atoms with Gasteiger partial charge < -0.3 is 5.73 Å². The number of nitrogens with two attached hydrogens (primary N) is 1. The summed E-state index contributed by atoms with van der Waals surface area (Å²) in [6, 6.07) is 0.356. The summed E-state index contributed by atoms with van der Waals surface area (Å²) in [4.78, 5) is 2.66. The largest absolute Gasteiger partial charge is 0.326 e. The summed E-state index contributed by atoms with van der Waals surface area (Å²) in [5, 5.41) is 0. The average Bonchev–Trinajstić information content (AvgIpc) is 3.02. The Balaban J connectivity index is 1.57. The smallest absolute Gasteiger partial charge is 0.0304 e. The Morgan fingerprint density at radius 1 is 1.11 bits per heavy atom. The van der Waals surface area contributed by atoms with Gasteiger partial charge in [0.15, 0.2) is 0 Å². The lowest BCUT2D eigenvalue weighted by molar-refractivity contribution is 0.0618. The third kappa shape index (κ3) is 2.71. The van der Waals surface area contributed by atoms with Crippen molar-refractivity contribution in [1.29, 1.82) is 0 Å². The topological polar surface area (TPSA) is 29.3 Å². The van der Waals surface area contributed by atoms with Crippen LogP contribution in [0.2, 0.25) is 0 Å². The Morgan fingerprint density at radius 2 is 1.84 bits per heavy atom. The molecule has 0 aromatic heterocycles. The Hall–Kier alpha value is -0.0800. The first-order chi connectivity index (χ1) is 9.07. The van der Waals surface area contributed by atoms with Crippen LogP contribution in [0.5, 0.6) is 0 Å². The van der Waals surface area contributed by atoms with Gasteiger partial charge in [0.05, 0.1) is 0 Å². The lowest BCUT2D eigenvalue weighted by Crippen LogP contribution is -2.58. The van der Waals surface area contributed by atoms with Crippen molar-refractivity contribution >= 4 is 0 Å². The normalized spacial score (nSPS) is 37.7. The van der Waals surface area contributed by atoms with Gasteiger partial charge >= 0.3 is 0 Å². The molecule has 3 aliphatic rings. The van der Waals surface area contributed by atoms with Gasteiger partial charge in [-0.25, -0.2) is 0 Å². The van der Waals surface area contributed by atoms with Crippen LogP contribution >= 0.6 is 0 Å². The van der Waals surface area contributed by atoms with Gasteiger partial charge in [-0.1, -0.05) is 12.8 Å². The number of nitrogens with zero attached hydrogens (tertiary/aromatic N) is 1. The maximum Gasteiger partial charge on any atom is 0.0304 e. The summed E-state index contributed by atoms with van der Waals surface area (Å²) in [6.45, 7) is 7.29. The zero-order valence-corrected chi connectivity index (χ0v) is 12.9. The second-order valence-electron chi connectivity index (χ2n) is 7.98. The standard InChI is InChI=1S/C17H32N2/c1-17(2,19-8-4-3-5-9-19)16(18)12-15-11-13-6-7-14(15)10-13/h13-16H,3-12,18H2,1-2H3. The van der Waals surface area contributed by atoms with Gasteiger partial charge in [-0.15, -0.1) is 0 Å². The third-order valence-electron chi connectivity index (χ3n) is 6.52. The Kier molecular flexibility index (Phi) is 3.92. The summed E-state index contributed by atoms with van der Waals surface area (Å²) in [7, 11) is 0. The maximum absolute atomic E-state index is 6.65. The fourth-order valence-electron chi connectivity index (χ4n) is 4.98. The van der Waals surface area contributed by atoms with Crippen LogP contribution in [0.4, 0.5) is 0 Å². The van der Waals surface area contributed by atoms with E-state index in [9.17, 15) is 0 Å². The number of likely N-dealkylation sites (tertiary alicyclic amines) is 1. The summed E-state index contributed by atoms with van der Waals surface area (Å²) in [5.41, 5.74) is 6.85. The number of fused-ring (bicyclic) bond motifs is 2. The Bertz CT molecular complexity index is 306. The van der Waals surface area contributed by atoms with Gasteiger partial charge in [-0.2, -0.15) is 0 Å². The summed E-state index contributed by atoms with van der Waals surface area (Å²) >= 11 is 0. The lowest BCUT2D eigenvalue weighted by atomic mass is 9.79. The molecule has 0 aromatic rings. The molecular weight excluding hydrogens is 232 g/mol. The predicted molar refractivity (Wildman–Crippen MR) is 81.0 cm³/mol. The number of piperidine rings is 1. The van der Waals surface area contributed by atoms with Crippen LogP contribution in [0.3, 0.4) is 0 Å². The summed E-state index contributed by atoms with van der Waals surface area (Å²) in [6.07, 6.45) is 11.4. The second-order valence-corrected chi connectivity index (χ2v) is 7.98. The van der Waals surface area contributed by atoms with Gasteiger partial charge in [-0.05, 0) is 83.2 Å². The zero-order valence-electron chi connectivity index (χ0n) is 12.9. The molecule has 4 atom stereocenters. The molecule has 1 aliphatic heterocycles. The van der Waals surface area contributed by atoms with Crippen molar-refractivity contribution < 1.29 is 0 Å². The molecule has 0 spiro atoms. The van der Waals surface area contributed by atoms with Gasteiger partial charge in [0, 0.05) is 11.6 Å². The molecule has 19 heavy (non-hydrogen) atoms. The molecule has 2 N–H and O–H groups in total. The van der Waals surface area contributed by atoms with E-state index in [2.05, 4.69) is 18.7 Å². The molecule has 110 valence electrons. The van der Waals surface area contributed by atoms with Crippen molar-refractivity contribution in [1.82, 2.24) is 4.90 Å². The molecule has 2 nitrogen and oxygen atoms in total. The fourth-order valence-corrected chi connectivity index (χ4v) is 4.98. The van der Waals surface area contributed by atoms with Gasteiger partial charge in [0.25, 0.3) is 0 Å². The first kappa shape index (κ1) is 13.9. The number of hydrogen-bond donors (Lipinski definition) is 1. The van der Waals surface area contributed by atoms with Crippen LogP contribution in [-0.4, -0.2) is 29.6 Å². The monoisotopic (exact) mass is 264 g/mol. The van der Waals surface area contributed by atoms with Crippen LogP contribution in [0, 0.1) is 17.8 Å². The van der Waals surface area contributed by atoms with Gasteiger partial charge in [-0.3, -0.25) is 4.90 Å². The minimum atomic E-state index is 0.197. The van der Waals surface area contributed by atoms with E-state index in [1.807, 2.05) is 0 Å². The average molecular weight is 264 g/mol. The van der Waals surface area contributed by atoms with E-state index < -0.39 is 0 Å². The molecule has 3 fully saturated rings. The fraction of sp³-hybridized carbons (Fsp3) is 1.00. The molecule has 3 rings (SSSR count). The van der Waals surface area contributed by atoms with Crippen LogP contribution in [0.25, 0.3) is 0 Å². The zero-order chi connectivity index (χ0) is 13.5. The minimum Gasteiger partial charge on any atom is -0.326 e. The van der Waals surface area contributed by atoms with E-state index in [0.717, 1.165) is 17.8 Å². The predicted octanol–water partition coefficient (Wildman–Crippen LogP) is 3.40. The third-order valence-corrected chi connectivity index (χ3v) is 6.52. The summed E-state index contributed by atoms with van der Waals surface area (Å²) < 4.78 is 0. The Labute approximate surface area is 119 Å². The highest BCUT2D eigenvalue weighted by atomic mass is 15.2. The highest BCUT2D eigenvalue weighted by molar-refractivity contribution is 4.98. The summed E-state index contributed by atoms with van der Waals surface area (Å²) in [5.74, 6) is 3.02. The number of hydrogen-bond acceptors (Lipinski definition) is 2. The van der Waals surface area contributed by atoms with Gasteiger partial charge in [0.1, 0.15) is 0 Å². The first-order valence-corrected chi connectivity index (χ1v) is 8.58. The van der Waals surface area contributed by atoms with Crippen molar-refractivity contribution in [3.63, 3.8) is 0 Å². The van der Waals surface area contributed by atoms with Crippen LogP contribution in [0.1, 0.15) is 65.2 Å². The molecule has 2 heteroatoms. The highest BCUT2D eigenvalue weighted by Crippen LogP contribution is 2.50. The minimum absolute atomic E-state index is 0.197. The van der Waals surface area contributed by atoms with E-state index in [4.69, 9.17) is 5.73 Å². The van der Waals surface area contributed by atoms with E-state index in [1.54, 1.807) is 0 Å². The molecule has 0 aromatic carbocycles. The van der Waals surface area contributed by atoms with E-state index >= 15 is 0 Å². The van der Waals surface area contributed by atoms with Gasteiger partial charge in [0.2, 0.25) is 0 Å². The quantitative estimate of drug-likeness (QED) is 0.843. The van der Waals surface area contributed by atoms with Crippen LogP contribution < -0.4 is 5.73 Å². The van der Waals surface area contributed by atoms with Crippen molar-refractivity contribution in [3.8, 4) is 0 Å². The first-order valence-electron chi connectivity index (χ1n) is 8.58. The SMILES string of the molecule is CC(C)(C(N)CC1CC2CCC1C2)N1CCCCC1. The van der Waals surface area contributed by atoms with E-state index in [0.29, 0.717) is 6.04 Å². The molecule has 4 unspecified atom stereocenters. The highest BCUT2D eigenvalue weighted by Gasteiger charge is 2.42. The van der Waals surface area contributed by atoms with Crippen LogP contribution in [0.15, 0.2) is 0 Å². The molecule has 0 amide bonds. The maximum atomic E-state index is 6.65. The Morgan fingerprint density at radius 3 is 2.42 bits per heavy atom. The molecule has 2 bridgehead atoms. The van der Waals surface area contributed by atoms with Crippen molar-refractivity contribution in [2.45, 2.75) is 76.8 Å². The number of rotatable bonds is 4. The molecule has 1 heterocycles. The van der Waals surface area contributed by atoms with E-state index in [-0.39, 0.29) is 5.54 Å². The second kappa shape index (κ2) is 5.37. The molecule has 2 saturated carbocycles. The molecule has 2 aliphatic carbocycles. The van der Waals surface area contributed by atoms with Crippen molar-refractivity contribution in [2.75, 3.05) is 13.1 Å². The molecule has 0 radical (unpaired) electrons. The van der Waals surface area contributed by atoms with E-state index in [1.165, 1.54) is 64.5 Å². The lowest BCUT2D eigenvalue weighted by Gasteiger charge is -2.45.